The Morgan fingerprint density at radius 2 is 2.08 bits per heavy atom. The van der Waals surface area contributed by atoms with Crippen LogP contribution in [-0.2, 0) is 0 Å². The highest BCUT2D eigenvalue weighted by atomic mass is 15.3. The topological polar surface area (TPSA) is 132 Å². The van der Waals surface area contributed by atoms with Crippen LogP contribution in [0.25, 0.3) is 0 Å². The van der Waals surface area contributed by atoms with Crippen molar-refractivity contribution >= 4 is 11.5 Å². The van der Waals surface area contributed by atoms with Gasteiger partial charge in [0.05, 0.1) is 18.1 Å². The number of aromatic nitrogens is 6. The quantitative estimate of drug-likeness (QED) is 0.465. The molecule has 0 fully saturated rings. The molecule has 0 saturated heterocycles. The van der Waals surface area contributed by atoms with E-state index in [0.717, 1.165) is 0 Å². The molecule has 0 aliphatic heterocycles. The van der Waals surface area contributed by atoms with Gasteiger partial charge in [0.1, 0.15) is 0 Å². The summed E-state index contributed by atoms with van der Waals surface area (Å²) in [7, 11) is 0. The van der Waals surface area contributed by atoms with Gasteiger partial charge in [-0.3, -0.25) is 5.10 Å². The molecule has 2 aromatic heterocycles. The maximum absolute atomic E-state index is 5.23. The summed E-state index contributed by atoms with van der Waals surface area (Å²) in [4.78, 5) is 0. The smallest absolute Gasteiger partial charge is 0.172 e. The predicted octanol–water partition coefficient (Wildman–Crippen LogP) is -1.16. The molecule has 2 aromatic rings. The molecule has 2 heterocycles. The first-order valence-corrected chi connectivity index (χ1v) is 3.30. The Labute approximate surface area is 73.4 Å². The van der Waals surface area contributed by atoms with Crippen molar-refractivity contribution in [3.8, 4) is 0 Å². The molecule has 0 bridgehead atoms. The Bertz CT molecular complexity index is 292. The van der Waals surface area contributed by atoms with Crippen LogP contribution in [0.3, 0.4) is 0 Å². The van der Waals surface area contributed by atoms with Crippen LogP contribution >= 0.6 is 0 Å². The Hall–Kier alpha value is -2.25. The van der Waals surface area contributed by atoms with Gasteiger partial charge >= 0.3 is 0 Å². The second kappa shape index (κ2) is 4.59. The molecule has 0 amide bonds. The number of rotatable bonds is 0. The van der Waals surface area contributed by atoms with Crippen LogP contribution in [0.1, 0.15) is 0 Å². The molecular formula is C5H8N8. The summed E-state index contributed by atoms with van der Waals surface area (Å²) in [6.07, 6.45) is 4.59. The second-order valence-electron chi connectivity index (χ2n) is 1.93. The van der Waals surface area contributed by atoms with E-state index in [1.807, 2.05) is 0 Å². The highest BCUT2D eigenvalue weighted by molar-refractivity contribution is 5.54. The fourth-order valence-electron chi connectivity index (χ4n) is 0.453. The molecule has 0 radical (unpaired) electrons. The summed E-state index contributed by atoms with van der Waals surface area (Å²) >= 11 is 0. The number of anilines is 2. The molecule has 8 nitrogen and oxygen atoms in total. The van der Waals surface area contributed by atoms with Crippen molar-refractivity contribution in [1.29, 1.82) is 0 Å². The van der Waals surface area contributed by atoms with E-state index in [0.29, 0.717) is 5.69 Å². The number of aromatic amines is 1. The summed E-state index contributed by atoms with van der Waals surface area (Å²) in [5.41, 5.74) is 10.8. The van der Waals surface area contributed by atoms with E-state index in [4.69, 9.17) is 11.5 Å². The molecule has 0 aliphatic carbocycles. The van der Waals surface area contributed by atoms with E-state index in [2.05, 4.69) is 30.8 Å². The summed E-state index contributed by atoms with van der Waals surface area (Å²) in [6.45, 7) is 0. The summed E-state index contributed by atoms with van der Waals surface area (Å²) in [5.74, 6) is 0.222. The minimum atomic E-state index is 0.222. The molecule has 2 rings (SSSR count). The van der Waals surface area contributed by atoms with Gasteiger partial charge in [0, 0.05) is 6.20 Å². The highest BCUT2D eigenvalue weighted by Crippen LogP contribution is 2.02. The lowest BCUT2D eigenvalue weighted by Gasteiger charge is -1.90. The first-order chi connectivity index (χ1) is 6.30. The van der Waals surface area contributed by atoms with E-state index >= 15 is 0 Å². The van der Waals surface area contributed by atoms with Gasteiger partial charge in [-0.05, 0) is 5.21 Å². The number of H-pyrrole nitrogens is 1. The van der Waals surface area contributed by atoms with Crippen LogP contribution < -0.4 is 11.5 Å². The first kappa shape index (κ1) is 8.84. The van der Waals surface area contributed by atoms with E-state index in [1.54, 1.807) is 12.4 Å². The summed E-state index contributed by atoms with van der Waals surface area (Å²) < 4.78 is 0. The zero-order valence-electron chi connectivity index (χ0n) is 6.62. The van der Waals surface area contributed by atoms with Crippen LogP contribution in [0, 0.1) is 0 Å². The largest absolute Gasteiger partial charge is 0.394 e. The number of nitrogens with zero attached hydrogens (tertiary/aromatic N) is 5. The first-order valence-electron chi connectivity index (χ1n) is 3.30. The van der Waals surface area contributed by atoms with Crippen molar-refractivity contribution in [3.05, 3.63) is 18.6 Å². The van der Waals surface area contributed by atoms with Crippen LogP contribution in [0.5, 0.6) is 0 Å². The molecule has 8 heteroatoms. The van der Waals surface area contributed by atoms with Crippen LogP contribution in [0.2, 0.25) is 0 Å². The molecule has 0 aliphatic rings. The summed E-state index contributed by atoms with van der Waals surface area (Å²) in [5, 5.41) is 19.3. The van der Waals surface area contributed by atoms with Crippen molar-refractivity contribution in [1.82, 2.24) is 30.8 Å². The maximum atomic E-state index is 5.23. The minimum Gasteiger partial charge on any atom is -0.394 e. The lowest BCUT2D eigenvalue weighted by atomic mass is 10.5. The van der Waals surface area contributed by atoms with Gasteiger partial charge in [-0.25, -0.2) is 0 Å². The standard InChI is InChI=1S/C3H5N5.C2H3N3/c4-2-1-6-8-7-3(2)5;1-2-4-5-3-1/h1H,(H2,4,8)(H2,5,6,7);1-2H,(H,3,4,5). The molecular weight excluding hydrogens is 172 g/mol. The van der Waals surface area contributed by atoms with Gasteiger partial charge in [0.15, 0.2) is 5.82 Å². The van der Waals surface area contributed by atoms with Crippen molar-refractivity contribution in [2.45, 2.75) is 0 Å². The molecule has 68 valence electrons. The average molecular weight is 180 g/mol. The molecule has 5 N–H and O–H groups in total. The average Bonchev–Trinajstić information content (AvgIpc) is 2.68. The Morgan fingerprint density at radius 1 is 1.23 bits per heavy atom. The van der Waals surface area contributed by atoms with Crippen molar-refractivity contribution < 1.29 is 0 Å². The van der Waals surface area contributed by atoms with Gasteiger partial charge < -0.3 is 11.5 Å². The van der Waals surface area contributed by atoms with Crippen LogP contribution in [0.4, 0.5) is 11.5 Å². The monoisotopic (exact) mass is 180 g/mol. The normalized spacial score (nSPS) is 8.62. The number of nitrogens with two attached hydrogens (primary N) is 2. The van der Waals surface area contributed by atoms with E-state index in [-0.39, 0.29) is 5.82 Å². The van der Waals surface area contributed by atoms with Crippen molar-refractivity contribution in [2.75, 3.05) is 11.5 Å². The van der Waals surface area contributed by atoms with Gasteiger partial charge in [-0.1, -0.05) is 5.21 Å². The molecule has 13 heavy (non-hydrogen) atoms. The van der Waals surface area contributed by atoms with E-state index in [9.17, 15) is 0 Å². The molecule has 0 aromatic carbocycles. The van der Waals surface area contributed by atoms with Crippen molar-refractivity contribution in [3.63, 3.8) is 0 Å². The van der Waals surface area contributed by atoms with Crippen LogP contribution in [-0.4, -0.2) is 30.8 Å². The number of hydrogen-bond acceptors (Lipinski definition) is 7. The minimum absolute atomic E-state index is 0.222. The van der Waals surface area contributed by atoms with Crippen molar-refractivity contribution in [2.24, 2.45) is 0 Å². The third-order valence-electron chi connectivity index (χ3n) is 1.03. The Morgan fingerprint density at radius 3 is 2.38 bits per heavy atom. The molecule has 0 atom stereocenters. The van der Waals surface area contributed by atoms with Gasteiger partial charge in [-0.2, -0.15) is 0 Å². The number of nitrogens with one attached hydrogen (secondary N) is 1. The van der Waals surface area contributed by atoms with E-state index in [1.165, 1.54) is 6.20 Å². The molecule has 0 unspecified atom stereocenters. The molecule has 0 spiro atoms. The Balaban J connectivity index is 0.000000145. The number of nitrogen functional groups attached to an aromatic ring is 2. The molecule has 0 saturated carbocycles. The van der Waals surface area contributed by atoms with Gasteiger partial charge in [-0.15, -0.1) is 15.3 Å². The van der Waals surface area contributed by atoms with Gasteiger partial charge in [0.2, 0.25) is 0 Å². The SMILES string of the molecule is Nc1cnnnc1N.c1c[nH]nn1. The summed E-state index contributed by atoms with van der Waals surface area (Å²) in [6, 6.07) is 0. The van der Waals surface area contributed by atoms with Gasteiger partial charge in [0.25, 0.3) is 0 Å². The zero-order chi connectivity index (χ0) is 9.52. The predicted molar refractivity (Wildman–Crippen MR) is 45.0 cm³/mol. The fraction of sp³-hybridized carbons (Fsp3) is 0. The highest BCUT2D eigenvalue weighted by Gasteiger charge is 1.90. The zero-order valence-corrected chi connectivity index (χ0v) is 6.62. The lowest BCUT2D eigenvalue weighted by molar-refractivity contribution is 0.876. The fourth-order valence-corrected chi connectivity index (χ4v) is 0.453. The number of hydrogen-bond donors (Lipinski definition) is 3. The maximum Gasteiger partial charge on any atom is 0.172 e. The second-order valence-corrected chi connectivity index (χ2v) is 1.93. The Kier molecular flexibility index (Phi) is 3.12. The van der Waals surface area contributed by atoms with Crippen LogP contribution in [0.15, 0.2) is 18.6 Å². The van der Waals surface area contributed by atoms with E-state index < -0.39 is 0 Å². The third kappa shape index (κ3) is 3.10. The third-order valence-corrected chi connectivity index (χ3v) is 1.03. The lowest BCUT2D eigenvalue weighted by Crippen LogP contribution is -2.00.